The van der Waals surface area contributed by atoms with Gasteiger partial charge in [-0.1, -0.05) is 41.9 Å². The van der Waals surface area contributed by atoms with Crippen molar-refractivity contribution in [1.29, 1.82) is 0 Å². The third kappa shape index (κ3) is 6.12. The molecule has 1 heterocycles. The molecule has 1 aliphatic heterocycles. The zero-order valence-corrected chi connectivity index (χ0v) is 18.1. The van der Waals surface area contributed by atoms with Crippen molar-refractivity contribution in [3.8, 4) is 0 Å². The SMILES string of the molecule is CC(OC1C=NN(C(C)(C)C)C(=O)C1(Cl)OC(F)(F)C(F)OC(F)(F)F)c1ccccc1. The number of rotatable bonds is 7. The van der Waals surface area contributed by atoms with Gasteiger partial charge in [0.15, 0.2) is 0 Å². The van der Waals surface area contributed by atoms with E-state index in [4.69, 9.17) is 16.3 Å². The van der Waals surface area contributed by atoms with Crippen LogP contribution in [0, 0.1) is 0 Å². The highest BCUT2D eigenvalue weighted by Crippen LogP contribution is 2.41. The second-order valence-corrected chi connectivity index (χ2v) is 8.41. The van der Waals surface area contributed by atoms with Crippen LogP contribution in [0.5, 0.6) is 0 Å². The molecule has 0 saturated heterocycles. The molecule has 1 aromatic carbocycles. The Kier molecular flexibility index (Phi) is 7.55. The van der Waals surface area contributed by atoms with E-state index >= 15 is 0 Å². The summed E-state index contributed by atoms with van der Waals surface area (Å²) in [4.78, 5) is 13.0. The smallest absolute Gasteiger partial charge is 0.360 e. The van der Waals surface area contributed by atoms with Crippen molar-refractivity contribution >= 4 is 23.7 Å². The number of amides is 1. The fourth-order valence-electron chi connectivity index (χ4n) is 2.70. The molecule has 0 aliphatic carbocycles. The van der Waals surface area contributed by atoms with E-state index in [2.05, 4.69) is 14.6 Å². The van der Waals surface area contributed by atoms with E-state index in [-0.39, 0.29) is 0 Å². The van der Waals surface area contributed by atoms with Gasteiger partial charge in [0.25, 0.3) is 17.3 Å². The molecule has 0 spiro atoms. The average Bonchev–Trinajstić information content (AvgIpc) is 2.63. The van der Waals surface area contributed by atoms with Crippen molar-refractivity contribution in [3.63, 3.8) is 0 Å². The average molecular weight is 491 g/mol. The molecule has 1 amide bonds. The van der Waals surface area contributed by atoms with Gasteiger partial charge < -0.3 is 4.74 Å². The Hall–Kier alpha value is -1.89. The van der Waals surface area contributed by atoms with E-state index in [1.165, 1.54) is 27.7 Å². The number of alkyl halides is 7. The first kappa shape index (κ1) is 26.4. The number of carbonyl (C=O) groups is 1. The first-order chi connectivity index (χ1) is 14.5. The van der Waals surface area contributed by atoms with Crippen LogP contribution in [0.15, 0.2) is 35.4 Å². The highest BCUT2D eigenvalue weighted by Gasteiger charge is 2.62. The first-order valence-electron chi connectivity index (χ1n) is 9.22. The predicted octanol–water partition coefficient (Wildman–Crippen LogP) is 5.14. The van der Waals surface area contributed by atoms with Gasteiger partial charge in [0.1, 0.15) is 6.10 Å². The molecule has 4 atom stereocenters. The number of hydrogen-bond donors (Lipinski definition) is 0. The molecule has 0 bridgehead atoms. The van der Waals surface area contributed by atoms with Crippen LogP contribution in [-0.4, -0.2) is 52.7 Å². The normalized spacial score (nSPS) is 24.5. The highest BCUT2D eigenvalue weighted by atomic mass is 35.5. The van der Waals surface area contributed by atoms with Crippen LogP contribution < -0.4 is 0 Å². The lowest BCUT2D eigenvalue weighted by molar-refractivity contribution is -0.431. The van der Waals surface area contributed by atoms with Gasteiger partial charge in [-0.15, -0.1) is 13.2 Å². The van der Waals surface area contributed by atoms with E-state index in [0.29, 0.717) is 10.6 Å². The molecule has 32 heavy (non-hydrogen) atoms. The molecule has 13 heteroatoms. The molecule has 0 radical (unpaired) electrons. The standard InChI is InChI=1S/C19H21ClF6N2O4/c1-11(12-8-6-5-7-9-12)30-13-10-27-28(16(2,3)4)15(29)17(13,20)32-18(22,23)14(21)31-19(24,25)26/h5-11,13-14H,1-4H3. The maximum atomic E-state index is 14.2. The molecule has 0 aromatic heterocycles. The van der Waals surface area contributed by atoms with Gasteiger partial charge in [-0.2, -0.15) is 13.9 Å². The Morgan fingerprint density at radius 3 is 2.19 bits per heavy atom. The van der Waals surface area contributed by atoms with Crippen LogP contribution in [-0.2, 0) is 19.0 Å². The van der Waals surface area contributed by atoms with E-state index in [9.17, 15) is 31.1 Å². The Labute approximate surface area is 185 Å². The Morgan fingerprint density at radius 2 is 1.69 bits per heavy atom. The van der Waals surface area contributed by atoms with Crippen molar-refractivity contribution in [2.24, 2.45) is 5.10 Å². The monoisotopic (exact) mass is 490 g/mol. The summed E-state index contributed by atoms with van der Waals surface area (Å²) in [5.74, 6) is -1.39. The number of halogens is 7. The van der Waals surface area contributed by atoms with Crippen molar-refractivity contribution < 1.29 is 45.3 Å². The summed E-state index contributed by atoms with van der Waals surface area (Å²) in [6, 6.07) is 8.30. The fourth-order valence-corrected chi connectivity index (χ4v) is 2.99. The van der Waals surface area contributed by atoms with Gasteiger partial charge in [-0.3, -0.25) is 9.53 Å². The summed E-state index contributed by atoms with van der Waals surface area (Å²) < 4.78 is 91.3. The lowest BCUT2D eigenvalue weighted by atomic mass is 10.0. The zero-order valence-electron chi connectivity index (χ0n) is 17.4. The number of carbonyl (C=O) groups excluding carboxylic acids is 1. The van der Waals surface area contributed by atoms with E-state index in [1.54, 1.807) is 30.3 Å². The van der Waals surface area contributed by atoms with Crippen LogP contribution in [0.4, 0.5) is 26.3 Å². The molecule has 0 N–H and O–H groups in total. The molecular weight excluding hydrogens is 470 g/mol. The molecule has 180 valence electrons. The number of hydrazone groups is 1. The summed E-state index contributed by atoms with van der Waals surface area (Å²) in [5.41, 5.74) is -0.541. The van der Waals surface area contributed by atoms with Gasteiger partial charge in [0, 0.05) is 0 Å². The summed E-state index contributed by atoms with van der Waals surface area (Å²) in [6.45, 7) is 5.95. The summed E-state index contributed by atoms with van der Waals surface area (Å²) in [5, 5.41) is 1.37. The lowest BCUT2D eigenvalue weighted by Gasteiger charge is -2.44. The number of benzene rings is 1. The maximum absolute atomic E-state index is 14.2. The topological polar surface area (TPSA) is 60.4 Å². The lowest BCUT2D eigenvalue weighted by Crippen LogP contribution is -2.64. The minimum atomic E-state index is -5.74. The molecule has 4 unspecified atom stereocenters. The number of ether oxygens (including phenoxy) is 3. The fraction of sp³-hybridized carbons (Fsp3) is 0.579. The summed E-state index contributed by atoms with van der Waals surface area (Å²) in [6.07, 6.45) is -17.1. The minimum Gasteiger partial charge on any atom is -0.360 e. The third-order valence-corrected chi connectivity index (χ3v) is 4.66. The van der Waals surface area contributed by atoms with Gasteiger partial charge in [-0.25, -0.2) is 14.1 Å². The molecule has 2 rings (SSSR count). The van der Waals surface area contributed by atoms with Crippen LogP contribution in [0.3, 0.4) is 0 Å². The second-order valence-electron chi connectivity index (χ2n) is 7.85. The Bertz CT molecular complexity index is 833. The molecule has 0 fully saturated rings. The predicted molar refractivity (Wildman–Crippen MR) is 101 cm³/mol. The van der Waals surface area contributed by atoms with Crippen molar-refractivity contribution in [2.75, 3.05) is 0 Å². The molecule has 1 aliphatic rings. The molecule has 6 nitrogen and oxygen atoms in total. The van der Waals surface area contributed by atoms with Crippen LogP contribution in [0.2, 0.25) is 0 Å². The maximum Gasteiger partial charge on any atom is 0.525 e. The van der Waals surface area contributed by atoms with E-state index < -0.39 is 47.5 Å². The largest absolute Gasteiger partial charge is 0.525 e. The number of nitrogens with zero attached hydrogens (tertiary/aromatic N) is 2. The second kappa shape index (κ2) is 9.16. The Morgan fingerprint density at radius 1 is 1.12 bits per heavy atom. The van der Waals surface area contributed by atoms with Gasteiger partial charge in [-0.05, 0) is 33.3 Å². The van der Waals surface area contributed by atoms with Crippen LogP contribution in [0.25, 0.3) is 0 Å². The van der Waals surface area contributed by atoms with Crippen LogP contribution >= 0.6 is 11.6 Å². The quantitative estimate of drug-likeness (QED) is 0.392. The summed E-state index contributed by atoms with van der Waals surface area (Å²) in [7, 11) is 0. The van der Waals surface area contributed by atoms with Gasteiger partial charge in [0.05, 0.1) is 17.9 Å². The van der Waals surface area contributed by atoms with Gasteiger partial charge in [0.2, 0.25) is 0 Å². The minimum absolute atomic E-state index is 0.557. The molecule has 0 saturated carbocycles. The summed E-state index contributed by atoms with van der Waals surface area (Å²) >= 11 is 6.11. The van der Waals surface area contributed by atoms with Crippen molar-refractivity contribution in [2.45, 2.75) is 69.3 Å². The number of hydrogen-bond acceptors (Lipinski definition) is 5. The third-order valence-electron chi connectivity index (χ3n) is 4.21. The molecule has 1 aromatic rings. The van der Waals surface area contributed by atoms with Crippen molar-refractivity contribution in [1.82, 2.24) is 5.01 Å². The Balaban J connectivity index is 2.41. The zero-order chi connectivity index (χ0) is 24.5. The first-order valence-corrected chi connectivity index (χ1v) is 9.60. The molecular formula is C19H21ClF6N2O4. The van der Waals surface area contributed by atoms with Gasteiger partial charge >= 0.3 is 12.5 Å². The highest BCUT2D eigenvalue weighted by molar-refractivity contribution is 6.35. The van der Waals surface area contributed by atoms with Crippen LogP contribution in [0.1, 0.15) is 39.4 Å². The van der Waals surface area contributed by atoms with Crippen molar-refractivity contribution in [3.05, 3.63) is 35.9 Å². The van der Waals surface area contributed by atoms with E-state index in [1.807, 2.05) is 0 Å². The van der Waals surface area contributed by atoms with E-state index in [0.717, 1.165) is 6.21 Å².